The molecule has 1 aliphatic heterocycles. The summed E-state index contributed by atoms with van der Waals surface area (Å²) in [6, 6.07) is 9.84. The summed E-state index contributed by atoms with van der Waals surface area (Å²) in [5, 5.41) is 20.6. The van der Waals surface area contributed by atoms with Gasteiger partial charge in [-0.1, -0.05) is 18.2 Å². The van der Waals surface area contributed by atoms with E-state index < -0.39 is 5.97 Å². The van der Waals surface area contributed by atoms with Gasteiger partial charge in [-0.3, -0.25) is 4.79 Å². The summed E-state index contributed by atoms with van der Waals surface area (Å²) >= 11 is 13.2. The first-order valence-electron chi connectivity index (χ1n) is 8.00. The van der Waals surface area contributed by atoms with Gasteiger partial charge in [-0.25, -0.2) is 4.79 Å². The van der Waals surface area contributed by atoms with E-state index in [2.05, 4.69) is 63.7 Å². The van der Waals surface area contributed by atoms with Crippen molar-refractivity contribution in [3.05, 3.63) is 70.1 Å². The predicted octanol–water partition coefficient (Wildman–Crippen LogP) is 5.07. The van der Waals surface area contributed by atoms with Crippen molar-refractivity contribution in [2.45, 2.75) is 0 Å². The second kappa shape index (κ2) is 12.5. The van der Waals surface area contributed by atoms with E-state index in [4.69, 9.17) is 4.42 Å². The number of aromatic carboxylic acids is 1. The normalized spacial score (nSPS) is 10.2. The molecule has 2 aromatic rings. The van der Waals surface area contributed by atoms with Crippen molar-refractivity contribution < 1.29 is 19.4 Å². The molecular formula is C20H11Br4Na3O5. The van der Waals surface area contributed by atoms with Gasteiger partial charge < -0.3 is 14.6 Å². The molecule has 2 N–H and O–H groups in total. The van der Waals surface area contributed by atoms with Gasteiger partial charge in [0.2, 0.25) is 5.43 Å². The van der Waals surface area contributed by atoms with Gasteiger partial charge in [0, 0.05) is 16.5 Å². The van der Waals surface area contributed by atoms with Gasteiger partial charge in [0.05, 0.1) is 14.5 Å². The number of halogens is 4. The van der Waals surface area contributed by atoms with Crippen molar-refractivity contribution in [3.63, 3.8) is 0 Å². The maximum absolute atomic E-state index is 12.4. The number of carboxylic acid groups (broad SMARTS) is 1. The van der Waals surface area contributed by atoms with Crippen LogP contribution in [-0.2, 0) is 0 Å². The van der Waals surface area contributed by atoms with Crippen LogP contribution in [0.25, 0.3) is 33.4 Å². The molecule has 0 fully saturated rings. The molecular weight excluding hydrogens is 709 g/mol. The third-order valence-corrected chi connectivity index (χ3v) is 7.10. The van der Waals surface area contributed by atoms with Gasteiger partial charge in [0.1, 0.15) is 14.7 Å². The molecule has 0 amide bonds. The summed E-state index contributed by atoms with van der Waals surface area (Å²) in [6.07, 6.45) is 0. The molecule has 0 atom stereocenters. The van der Waals surface area contributed by atoms with Gasteiger partial charge in [0.15, 0.2) is 11.3 Å². The topological polar surface area (TPSA) is 87.7 Å². The van der Waals surface area contributed by atoms with Crippen LogP contribution in [-0.4, -0.2) is 105 Å². The Morgan fingerprint density at radius 3 is 2.12 bits per heavy atom. The van der Waals surface area contributed by atoms with E-state index in [0.717, 1.165) is 0 Å². The molecule has 0 radical (unpaired) electrons. The molecule has 32 heavy (non-hydrogen) atoms. The van der Waals surface area contributed by atoms with Crippen molar-refractivity contribution in [1.82, 2.24) is 0 Å². The second-order valence-electron chi connectivity index (χ2n) is 6.10. The molecule has 1 aliphatic carbocycles. The number of carboxylic acids is 1. The van der Waals surface area contributed by atoms with Crippen LogP contribution in [0.15, 0.2) is 63.5 Å². The van der Waals surface area contributed by atoms with Crippen LogP contribution in [0.2, 0.25) is 0 Å². The van der Waals surface area contributed by atoms with Crippen molar-refractivity contribution in [1.29, 1.82) is 0 Å². The molecule has 4 rings (SSSR count). The molecule has 12 heteroatoms. The molecule has 2 aromatic carbocycles. The minimum absolute atomic E-state index is 0. The Bertz CT molecular complexity index is 1370. The second-order valence-corrected chi connectivity index (χ2v) is 9.40. The first-order valence-corrected chi connectivity index (χ1v) is 11.2. The number of rotatable bonds is 2. The van der Waals surface area contributed by atoms with E-state index in [1.807, 2.05) is 0 Å². The summed E-state index contributed by atoms with van der Waals surface area (Å²) in [5.74, 6) is -0.921. The van der Waals surface area contributed by atoms with Crippen molar-refractivity contribution in [2.24, 2.45) is 0 Å². The zero-order valence-electron chi connectivity index (χ0n) is 14.1. The van der Waals surface area contributed by atoms with Crippen LogP contribution in [0.5, 0.6) is 5.75 Å². The summed E-state index contributed by atoms with van der Waals surface area (Å²) in [4.78, 5) is 24.3. The van der Waals surface area contributed by atoms with Crippen LogP contribution in [0, 0.1) is 0 Å². The standard InChI is InChI=1S/C20H8Br4O5.3Na.3H/c21-11-5-9-13(7-3-1-2-4-8(7)20(27)28)10-6-12(22)17(26)15(24)19(10)29-18(9)14(23)16(11)25;;;;;;/h1-6,25H,(H,27,28);;;;;;. The average molecular weight is 720 g/mol. The molecule has 5 nitrogen and oxygen atoms in total. The molecule has 0 spiro atoms. The van der Waals surface area contributed by atoms with E-state index in [0.29, 0.717) is 31.0 Å². The van der Waals surface area contributed by atoms with Crippen LogP contribution < -0.4 is 5.43 Å². The van der Waals surface area contributed by atoms with Crippen molar-refractivity contribution in [2.75, 3.05) is 0 Å². The Balaban J connectivity index is 0.00000171. The Morgan fingerprint density at radius 2 is 1.50 bits per heavy atom. The quantitative estimate of drug-likeness (QED) is 0.223. The van der Waals surface area contributed by atoms with Gasteiger partial charge in [-0.2, -0.15) is 0 Å². The molecule has 0 bridgehead atoms. The summed E-state index contributed by atoms with van der Waals surface area (Å²) in [6.45, 7) is 0. The molecule has 0 unspecified atom stereocenters. The van der Waals surface area contributed by atoms with E-state index in [1.54, 1.807) is 30.3 Å². The van der Waals surface area contributed by atoms with Crippen LogP contribution in [0.3, 0.4) is 0 Å². The number of hydrogen-bond acceptors (Lipinski definition) is 4. The fraction of sp³-hybridized carbons (Fsp3) is 0. The van der Waals surface area contributed by atoms with E-state index in [-0.39, 0.29) is 126 Å². The molecule has 1 heterocycles. The fourth-order valence-electron chi connectivity index (χ4n) is 3.17. The Kier molecular flexibility index (Phi) is 12.3. The molecule has 0 saturated carbocycles. The predicted molar refractivity (Wildman–Crippen MR) is 145 cm³/mol. The number of phenolic OH excluding ortho intramolecular Hbond substituents is 1. The van der Waals surface area contributed by atoms with E-state index in [1.165, 1.54) is 6.07 Å². The van der Waals surface area contributed by atoms with Crippen LogP contribution in [0.4, 0.5) is 0 Å². The number of phenols is 1. The van der Waals surface area contributed by atoms with Crippen molar-refractivity contribution >= 4 is 169 Å². The Labute approximate surface area is 282 Å². The number of hydrogen-bond donors (Lipinski definition) is 2. The van der Waals surface area contributed by atoms with Gasteiger partial charge in [0.25, 0.3) is 0 Å². The zero-order chi connectivity index (χ0) is 21.0. The third kappa shape index (κ3) is 5.51. The van der Waals surface area contributed by atoms with E-state index in [9.17, 15) is 19.8 Å². The van der Waals surface area contributed by atoms with Gasteiger partial charge in [-0.05, 0) is 87.5 Å². The maximum atomic E-state index is 12.4. The first-order chi connectivity index (χ1) is 13.7. The molecule has 152 valence electrons. The molecule has 0 saturated heterocycles. The fourth-order valence-corrected chi connectivity index (χ4v) is 5.57. The summed E-state index contributed by atoms with van der Waals surface area (Å²) < 4.78 is 7.17. The summed E-state index contributed by atoms with van der Waals surface area (Å²) in [7, 11) is 0. The zero-order valence-corrected chi connectivity index (χ0v) is 20.4. The average Bonchev–Trinajstić information content (AvgIpc) is 2.69. The van der Waals surface area contributed by atoms with Gasteiger partial charge in [-0.15, -0.1) is 0 Å². The van der Waals surface area contributed by atoms with E-state index >= 15 is 0 Å². The Morgan fingerprint density at radius 1 is 0.875 bits per heavy atom. The molecule has 2 aliphatic rings. The first kappa shape index (κ1) is 31.4. The van der Waals surface area contributed by atoms with Crippen molar-refractivity contribution in [3.8, 4) is 28.2 Å². The Hall–Kier alpha value is 1.32. The number of aromatic hydroxyl groups is 1. The minimum atomic E-state index is -1.09. The number of benzene rings is 3. The third-order valence-electron chi connectivity index (χ3n) is 4.45. The molecule has 0 aromatic heterocycles. The SMILES string of the molecule is O=C(O)c1ccccc1-c1c2cc(Br)c(=O)c(Br)c-2oc2c(Br)c(O)c(Br)cc12.[NaH].[NaH].[NaH]. The van der Waals surface area contributed by atoms with Crippen LogP contribution in [0.1, 0.15) is 10.4 Å². The number of fused-ring (bicyclic) bond motifs is 2. The number of carbonyl (C=O) groups is 1. The summed E-state index contributed by atoms with van der Waals surface area (Å²) in [5.41, 5.74) is 1.61. The van der Waals surface area contributed by atoms with Crippen LogP contribution >= 0.6 is 63.7 Å². The monoisotopic (exact) mass is 716 g/mol. The van der Waals surface area contributed by atoms with Gasteiger partial charge >= 0.3 is 94.6 Å².